The maximum Gasteiger partial charge on any atom is 0.274 e. The summed E-state index contributed by atoms with van der Waals surface area (Å²) < 4.78 is 0. The Labute approximate surface area is 142 Å². The molecule has 130 valence electrons. The highest BCUT2D eigenvalue weighted by Gasteiger charge is 2.38. The zero-order valence-electron chi connectivity index (χ0n) is 14.6. The average molecular weight is 331 g/mol. The Kier molecular flexibility index (Phi) is 4.80. The van der Waals surface area contributed by atoms with Gasteiger partial charge in [0, 0.05) is 46.0 Å². The predicted molar refractivity (Wildman–Crippen MR) is 89.5 cm³/mol. The molecule has 0 unspecified atom stereocenters. The Morgan fingerprint density at radius 1 is 1.17 bits per heavy atom. The molecule has 1 aromatic rings. The van der Waals surface area contributed by atoms with Crippen LogP contribution in [0.5, 0.6) is 0 Å². The molecule has 3 aliphatic heterocycles. The third kappa shape index (κ3) is 3.56. The number of aromatic nitrogens is 2. The second-order valence-electron chi connectivity index (χ2n) is 7.08. The van der Waals surface area contributed by atoms with E-state index in [1.807, 2.05) is 11.8 Å². The van der Waals surface area contributed by atoms with E-state index < -0.39 is 0 Å². The van der Waals surface area contributed by atoms with Crippen LogP contribution in [0.25, 0.3) is 0 Å². The average Bonchev–Trinajstić information content (AvgIpc) is 2.85. The zero-order valence-corrected chi connectivity index (χ0v) is 14.6. The zero-order chi connectivity index (χ0) is 17.3. The van der Waals surface area contributed by atoms with Crippen LogP contribution in [0.4, 0.5) is 0 Å². The number of nitrogens with zero attached hydrogens (tertiary/aromatic N) is 5. The van der Waals surface area contributed by atoms with Crippen LogP contribution in [0.2, 0.25) is 0 Å². The molecule has 0 spiro atoms. The molecular weight excluding hydrogens is 306 g/mol. The smallest absolute Gasteiger partial charge is 0.274 e. The molecule has 7 nitrogen and oxygen atoms in total. The Morgan fingerprint density at radius 3 is 2.62 bits per heavy atom. The highest BCUT2D eigenvalue weighted by molar-refractivity contribution is 5.92. The number of fused-ring (bicyclic) bond motifs is 4. The van der Waals surface area contributed by atoms with Crippen molar-refractivity contribution in [1.29, 1.82) is 0 Å². The van der Waals surface area contributed by atoms with Crippen molar-refractivity contribution in [2.24, 2.45) is 5.92 Å². The molecule has 0 N–H and O–H groups in total. The first kappa shape index (κ1) is 16.8. The van der Waals surface area contributed by atoms with Gasteiger partial charge >= 0.3 is 0 Å². The van der Waals surface area contributed by atoms with Crippen LogP contribution in [0.15, 0.2) is 12.4 Å². The predicted octanol–water partition coefficient (Wildman–Crippen LogP) is 0.410. The van der Waals surface area contributed by atoms with Crippen LogP contribution in [-0.2, 0) is 4.79 Å². The molecule has 0 aliphatic carbocycles. The summed E-state index contributed by atoms with van der Waals surface area (Å²) in [5, 5.41) is 0. The lowest BCUT2D eigenvalue weighted by atomic mass is 9.95. The molecule has 0 aromatic carbocycles. The minimum atomic E-state index is -0.0435. The van der Waals surface area contributed by atoms with E-state index in [1.54, 1.807) is 31.4 Å². The maximum atomic E-state index is 12.8. The van der Waals surface area contributed by atoms with Gasteiger partial charge in [-0.3, -0.25) is 19.5 Å². The van der Waals surface area contributed by atoms with Gasteiger partial charge in [-0.1, -0.05) is 0 Å². The summed E-state index contributed by atoms with van der Waals surface area (Å²) in [5.74, 6) is 0.484. The number of hydrogen-bond acceptors (Lipinski definition) is 5. The third-order valence-electron chi connectivity index (χ3n) is 4.91. The summed E-state index contributed by atoms with van der Waals surface area (Å²) in [4.78, 5) is 39.0. The highest BCUT2D eigenvalue weighted by atomic mass is 16.2. The fourth-order valence-electron chi connectivity index (χ4n) is 3.54. The van der Waals surface area contributed by atoms with Gasteiger partial charge in [-0.25, -0.2) is 4.98 Å². The standard InChI is InChI=1S/C17H25N5O2/c1-12-6-19-15(7-18-12)17(24)22-9-13-4-5-14(22)10-21(8-13)11-16(23)20(2)3/h6-7,13-14H,4-5,8-11H2,1-3H3/t13-,14+/m1/s1. The number of hydrogen-bond donors (Lipinski definition) is 0. The number of piperidine rings is 1. The molecule has 3 aliphatic rings. The summed E-state index contributed by atoms with van der Waals surface area (Å²) in [6.45, 7) is 4.65. The number of carbonyl (C=O) groups is 2. The van der Waals surface area contributed by atoms with Crippen LogP contribution < -0.4 is 0 Å². The van der Waals surface area contributed by atoms with E-state index in [1.165, 1.54) is 0 Å². The van der Waals surface area contributed by atoms with Crippen LogP contribution >= 0.6 is 0 Å². The van der Waals surface area contributed by atoms with Crippen molar-refractivity contribution in [3.05, 3.63) is 23.8 Å². The van der Waals surface area contributed by atoms with Gasteiger partial charge in [-0.2, -0.15) is 0 Å². The second-order valence-corrected chi connectivity index (χ2v) is 7.08. The number of rotatable bonds is 3. The second kappa shape index (κ2) is 6.84. The first-order valence-electron chi connectivity index (χ1n) is 8.46. The van der Waals surface area contributed by atoms with Crippen molar-refractivity contribution >= 4 is 11.8 Å². The number of amides is 2. The molecule has 0 saturated carbocycles. The summed E-state index contributed by atoms with van der Waals surface area (Å²) in [5.41, 5.74) is 1.21. The Hall–Kier alpha value is -2.02. The number of likely N-dealkylation sites (N-methyl/N-ethyl adjacent to an activating group) is 1. The van der Waals surface area contributed by atoms with Gasteiger partial charge in [0.2, 0.25) is 5.91 Å². The topological polar surface area (TPSA) is 69.6 Å². The van der Waals surface area contributed by atoms with Gasteiger partial charge < -0.3 is 9.80 Å². The van der Waals surface area contributed by atoms with E-state index in [-0.39, 0.29) is 17.9 Å². The first-order valence-corrected chi connectivity index (χ1v) is 8.46. The molecule has 1 aromatic heterocycles. The minimum Gasteiger partial charge on any atom is -0.348 e. The molecule has 7 heteroatoms. The molecule has 2 bridgehead atoms. The quantitative estimate of drug-likeness (QED) is 0.802. The third-order valence-corrected chi connectivity index (χ3v) is 4.91. The van der Waals surface area contributed by atoms with Crippen molar-refractivity contribution < 1.29 is 9.59 Å². The van der Waals surface area contributed by atoms with Gasteiger partial charge in [-0.05, 0) is 25.7 Å². The van der Waals surface area contributed by atoms with Crippen LogP contribution in [0.1, 0.15) is 29.0 Å². The molecule has 4 rings (SSSR count). The minimum absolute atomic E-state index is 0.0435. The molecule has 2 atom stereocenters. The highest BCUT2D eigenvalue weighted by Crippen LogP contribution is 2.28. The molecule has 0 radical (unpaired) electrons. The van der Waals surface area contributed by atoms with Gasteiger partial charge in [0.15, 0.2) is 0 Å². The van der Waals surface area contributed by atoms with Gasteiger partial charge in [0.25, 0.3) is 5.91 Å². The normalized spacial score (nSPS) is 23.9. The molecule has 24 heavy (non-hydrogen) atoms. The lowest BCUT2D eigenvalue weighted by Crippen LogP contribution is -2.48. The Bertz CT molecular complexity index is 616. The van der Waals surface area contributed by atoms with Crippen molar-refractivity contribution in [1.82, 2.24) is 24.7 Å². The Balaban J connectivity index is 1.72. The SMILES string of the molecule is Cc1cnc(C(=O)N2C[C@@H]3CC[C@H]2CN(CC(=O)N(C)C)C3)cn1. The van der Waals surface area contributed by atoms with Gasteiger partial charge in [-0.15, -0.1) is 0 Å². The molecule has 3 fully saturated rings. The van der Waals surface area contributed by atoms with E-state index in [0.717, 1.165) is 38.2 Å². The monoisotopic (exact) mass is 331 g/mol. The summed E-state index contributed by atoms with van der Waals surface area (Å²) in [6, 6.07) is 0.148. The largest absolute Gasteiger partial charge is 0.348 e. The van der Waals surface area contributed by atoms with Crippen LogP contribution in [0, 0.1) is 12.8 Å². The van der Waals surface area contributed by atoms with Gasteiger partial charge in [0.1, 0.15) is 5.69 Å². The fourth-order valence-corrected chi connectivity index (χ4v) is 3.54. The summed E-state index contributed by atoms with van der Waals surface area (Å²) in [6.07, 6.45) is 5.29. The number of aryl methyl sites for hydroxylation is 1. The van der Waals surface area contributed by atoms with Crippen molar-refractivity contribution in [2.75, 3.05) is 40.3 Å². The van der Waals surface area contributed by atoms with Gasteiger partial charge in [0.05, 0.1) is 18.4 Å². The fraction of sp³-hybridized carbons (Fsp3) is 0.647. The molecule has 3 saturated heterocycles. The van der Waals surface area contributed by atoms with E-state index in [0.29, 0.717) is 18.2 Å². The summed E-state index contributed by atoms with van der Waals surface area (Å²) in [7, 11) is 3.56. The van der Waals surface area contributed by atoms with E-state index in [4.69, 9.17) is 0 Å². The van der Waals surface area contributed by atoms with Crippen molar-refractivity contribution in [3.8, 4) is 0 Å². The van der Waals surface area contributed by atoms with Crippen molar-refractivity contribution in [3.63, 3.8) is 0 Å². The summed E-state index contributed by atoms with van der Waals surface area (Å²) >= 11 is 0. The molecule has 4 heterocycles. The first-order chi connectivity index (χ1) is 11.4. The molecule has 2 amide bonds. The van der Waals surface area contributed by atoms with E-state index in [9.17, 15) is 9.59 Å². The molecular formula is C17H25N5O2. The van der Waals surface area contributed by atoms with E-state index >= 15 is 0 Å². The lowest BCUT2D eigenvalue weighted by Gasteiger charge is -2.36. The van der Waals surface area contributed by atoms with Crippen molar-refractivity contribution in [2.45, 2.75) is 25.8 Å². The van der Waals surface area contributed by atoms with E-state index in [2.05, 4.69) is 14.9 Å². The number of carbonyl (C=O) groups excluding carboxylic acids is 2. The van der Waals surface area contributed by atoms with Crippen LogP contribution in [0.3, 0.4) is 0 Å². The lowest BCUT2D eigenvalue weighted by molar-refractivity contribution is -0.129. The Morgan fingerprint density at radius 2 is 1.96 bits per heavy atom. The maximum absolute atomic E-state index is 12.8. The van der Waals surface area contributed by atoms with Crippen LogP contribution in [-0.4, -0.2) is 82.8 Å².